The van der Waals surface area contributed by atoms with Crippen molar-refractivity contribution in [2.24, 2.45) is 0 Å². The molecule has 140 valence electrons. The summed E-state index contributed by atoms with van der Waals surface area (Å²) >= 11 is 1.76. The van der Waals surface area contributed by atoms with Crippen LogP contribution < -0.4 is 5.32 Å². The number of rotatable bonds is 7. The molecule has 28 heavy (non-hydrogen) atoms. The molecule has 3 aromatic carbocycles. The first-order valence-corrected chi connectivity index (χ1v) is 9.59. The molecule has 0 atom stereocenters. The van der Waals surface area contributed by atoms with Gasteiger partial charge in [0.15, 0.2) is 0 Å². The maximum atomic E-state index is 12.0. The maximum absolute atomic E-state index is 12.0. The zero-order valence-corrected chi connectivity index (χ0v) is 15.8. The van der Waals surface area contributed by atoms with Crippen LogP contribution in [0, 0.1) is 10.1 Å². The minimum Gasteiger partial charge on any atom is -0.323 e. The molecule has 0 bridgehead atoms. The first kappa shape index (κ1) is 19.4. The molecule has 1 amide bonds. The molecule has 6 heteroatoms. The second-order valence-electron chi connectivity index (χ2n) is 5.97. The van der Waals surface area contributed by atoms with Gasteiger partial charge in [-0.2, -0.15) is 0 Å². The first-order chi connectivity index (χ1) is 13.6. The molecule has 0 radical (unpaired) electrons. The second-order valence-corrected chi connectivity index (χ2v) is 7.02. The van der Waals surface area contributed by atoms with Gasteiger partial charge in [-0.15, -0.1) is 11.8 Å². The van der Waals surface area contributed by atoms with Crippen LogP contribution in [-0.2, 0) is 10.5 Å². The summed E-state index contributed by atoms with van der Waals surface area (Å²) < 4.78 is 0. The topological polar surface area (TPSA) is 72.2 Å². The first-order valence-electron chi connectivity index (χ1n) is 8.60. The molecule has 3 rings (SSSR count). The van der Waals surface area contributed by atoms with E-state index in [9.17, 15) is 14.9 Å². The Morgan fingerprint density at radius 3 is 2.29 bits per heavy atom. The lowest BCUT2D eigenvalue weighted by atomic mass is 10.2. The molecule has 1 N–H and O–H groups in total. The number of amides is 1. The monoisotopic (exact) mass is 390 g/mol. The van der Waals surface area contributed by atoms with E-state index >= 15 is 0 Å². The smallest absolute Gasteiger partial charge is 0.269 e. The van der Waals surface area contributed by atoms with Crippen molar-refractivity contribution in [3.8, 4) is 0 Å². The Kier molecular flexibility index (Phi) is 6.59. The van der Waals surface area contributed by atoms with Gasteiger partial charge in [0.05, 0.1) is 4.92 Å². The minimum atomic E-state index is -0.456. The fourth-order valence-electron chi connectivity index (χ4n) is 2.43. The molecular weight excluding hydrogens is 372 g/mol. The predicted molar refractivity (Wildman–Crippen MR) is 113 cm³/mol. The van der Waals surface area contributed by atoms with Gasteiger partial charge in [-0.05, 0) is 53.6 Å². The van der Waals surface area contributed by atoms with Crippen LogP contribution in [0.1, 0.15) is 11.1 Å². The van der Waals surface area contributed by atoms with E-state index in [1.807, 2.05) is 42.5 Å². The predicted octanol–water partition coefficient (Wildman–Crippen LogP) is 5.54. The number of carbonyl (C=O) groups is 1. The number of hydrogen-bond acceptors (Lipinski definition) is 4. The highest BCUT2D eigenvalue weighted by Gasteiger charge is 2.03. The molecule has 0 aliphatic carbocycles. The maximum Gasteiger partial charge on any atom is 0.269 e. The van der Waals surface area contributed by atoms with E-state index in [0.717, 1.165) is 5.75 Å². The van der Waals surface area contributed by atoms with Gasteiger partial charge in [0.25, 0.3) is 5.69 Å². The summed E-state index contributed by atoms with van der Waals surface area (Å²) in [6.45, 7) is 0. The molecule has 0 unspecified atom stereocenters. The lowest BCUT2D eigenvalue weighted by molar-refractivity contribution is -0.384. The van der Waals surface area contributed by atoms with E-state index in [4.69, 9.17) is 0 Å². The van der Waals surface area contributed by atoms with Gasteiger partial charge in [-0.1, -0.05) is 30.3 Å². The van der Waals surface area contributed by atoms with E-state index in [1.54, 1.807) is 30.0 Å². The fraction of sp³-hybridized carbons (Fsp3) is 0.0455. The van der Waals surface area contributed by atoms with Gasteiger partial charge in [-0.25, -0.2) is 0 Å². The largest absolute Gasteiger partial charge is 0.323 e. The van der Waals surface area contributed by atoms with Crippen LogP contribution in [0.3, 0.4) is 0 Å². The number of nitrogens with one attached hydrogen (secondary N) is 1. The lowest BCUT2D eigenvalue weighted by Crippen LogP contribution is -2.07. The third kappa shape index (κ3) is 5.82. The average Bonchev–Trinajstić information content (AvgIpc) is 2.73. The quantitative estimate of drug-likeness (QED) is 0.249. The van der Waals surface area contributed by atoms with Crippen molar-refractivity contribution in [3.63, 3.8) is 0 Å². The van der Waals surface area contributed by atoms with Crippen molar-refractivity contribution in [2.75, 3.05) is 5.32 Å². The molecule has 0 aliphatic heterocycles. The van der Waals surface area contributed by atoms with Gasteiger partial charge in [0, 0.05) is 34.5 Å². The highest BCUT2D eigenvalue weighted by atomic mass is 32.2. The SMILES string of the molecule is O=C(/C=C/c1ccc([N+](=O)[O-])cc1)Nc1ccc(CSc2ccccc2)cc1. The Balaban J connectivity index is 1.51. The molecule has 0 aliphatic rings. The average molecular weight is 390 g/mol. The second kappa shape index (κ2) is 9.53. The van der Waals surface area contributed by atoms with E-state index in [1.165, 1.54) is 28.7 Å². The number of nitrogens with zero attached hydrogens (tertiary/aromatic N) is 1. The summed E-state index contributed by atoms with van der Waals surface area (Å²) in [6, 6.07) is 23.9. The number of anilines is 1. The van der Waals surface area contributed by atoms with Gasteiger partial charge < -0.3 is 5.32 Å². The number of nitro benzene ring substituents is 1. The summed E-state index contributed by atoms with van der Waals surface area (Å²) in [5.74, 6) is 0.600. The van der Waals surface area contributed by atoms with E-state index in [-0.39, 0.29) is 11.6 Å². The molecule has 0 fully saturated rings. The van der Waals surface area contributed by atoms with Crippen LogP contribution in [0.4, 0.5) is 11.4 Å². The highest BCUT2D eigenvalue weighted by molar-refractivity contribution is 7.98. The zero-order valence-electron chi connectivity index (χ0n) is 14.9. The summed E-state index contributed by atoms with van der Waals surface area (Å²) in [7, 11) is 0. The summed E-state index contributed by atoms with van der Waals surface area (Å²) in [4.78, 5) is 23.4. The van der Waals surface area contributed by atoms with E-state index in [2.05, 4.69) is 17.4 Å². The van der Waals surface area contributed by atoms with Gasteiger partial charge >= 0.3 is 0 Å². The van der Waals surface area contributed by atoms with Crippen molar-refractivity contribution in [2.45, 2.75) is 10.6 Å². The molecule has 0 spiro atoms. The number of non-ortho nitro benzene ring substituents is 1. The van der Waals surface area contributed by atoms with Crippen LogP contribution in [0.5, 0.6) is 0 Å². The summed E-state index contributed by atoms with van der Waals surface area (Å²) in [6.07, 6.45) is 3.02. The van der Waals surface area contributed by atoms with Crippen molar-refractivity contribution in [1.82, 2.24) is 0 Å². The minimum absolute atomic E-state index is 0.0205. The standard InChI is InChI=1S/C22H18N2O3S/c25-22(15-10-17-8-13-20(14-9-17)24(26)27)23-19-11-6-18(7-12-19)16-28-21-4-2-1-3-5-21/h1-15H,16H2,(H,23,25)/b15-10+. The molecule has 0 saturated carbocycles. The van der Waals surface area contributed by atoms with Crippen molar-refractivity contribution in [3.05, 3.63) is 106 Å². The molecule has 3 aromatic rings. The molecule has 5 nitrogen and oxygen atoms in total. The third-order valence-corrected chi connectivity index (χ3v) is 4.98. The molecule has 0 saturated heterocycles. The van der Waals surface area contributed by atoms with Crippen LogP contribution in [0.15, 0.2) is 89.8 Å². The zero-order chi connectivity index (χ0) is 19.8. The molecular formula is C22H18N2O3S. The van der Waals surface area contributed by atoms with E-state index < -0.39 is 4.92 Å². The number of carbonyl (C=O) groups excluding carboxylic acids is 1. The highest BCUT2D eigenvalue weighted by Crippen LogP contribution is 2.23. The number of nitro groups is 1. The fourth-order valence-corrected chi connectivity index (χ4v) is 3.31. The van der Waals surface area contributed by atoms with Gasteiger partial charge in [0.1, 0.15) is 0 Å². The van der Waals surface area contributed by atoms with Gasteiger partial charge in [0.2, 0.25) is 5.91 Å². The van der Waals surface area contributed by atoms with Crippen LogP contribution in [0.2, 0.25) is 0 Å². The summed E-state index contributed by atoms with van der Waals surface area (Å²) in [5, 5.41) is 13.4. The Morgan fingerprint density at radius 2 is 1.64 bits per heavy atom. The normalized spacial score (nSPS) is 10.7. The molecule has 0 aromatic heterocycles. The Morgan fingerprint density at radius 1 is 0.964 bits per heavy atom. The number of benzene rings is 3. The van der Waals surface area contributed by atoms with Crippen LogP contribution >= 0.6 is 11.8 Å². The summed E-state index contributed by atoms with van der Waals surface area (Å²) in [5.41, 5.74) is 2.63. The van der Waals surface area contributed by atoms with Crippen LogP contribution in [-0.4, -0.2) is 10.8 Å². The lowest BCUT2D eigenvalue weighted by Gasteiger charge is -2.05. The number of hydrogen-bond donors (Lipinski definition) is 1. The van der Waals surface area contributed by atoms with E-state index in [0.29, 0.717) is 11.3 Å². The van der Waals surface area contributed by atoms with Crippen molar-refractivity contribution >= 4 is 35.1 Å². The van der Waals surface area contributed by atoms with Crippen molar-refractivity contribution < 1.29 is 9.72 Å². The Hall–Kier alpha value is -3.38. The Labute approximate surface area is 167 Å². The van der Waals surface area contributed by atoms with Crippen LogP contribution in [0.25, 0.3) is 6.08 Å². The molecule has 0 heterocycles. The van der Waals surface area contributed by atoms with Crippen molar-refractivity contribution in [1.29, 1.82) is 0 Å². The third-order valence-electron chi connectivity index (χ3n) is 3.90. The Bertz CT molecular complexity index is 969. The van der Waals surface area contributed by atoms with Gasteiger partial charge in [-0.3, -0.25) is 14.9 Å². The number of thioether (sulfide) groups is 1.